The van der Waals surface area contributed by atoms with Crippen LogP contribution in [0.1, 0.15) is 24.8 Å². The Balaban J connectivity index is 2.02. The second-order valence-corrected chi connectivity index (χ2v) is 4.98. The van der Waals surface area contributed by atoms with Gasteiger partial charge in [-0.25, -0.2) is 0 Å². The van der Waals surface area contributed by atoms with Crippen LogP contribution in [0.3, 0.4) is 0 Å². The molecule has 1 N–H and O–H groups in total. The Morgan fingerprint density at radius 1 is 1.38 bits per heavy atom. The molecule has 2 nitrogen and oxygen atoms in total. The first-order valence-corrected chi connectivity index (χ1v) is 6.18. The Labute approximate surface area is 102 Å². The Bertz CT molecular complexity index is 356. The van der Waals surface area contributed by atoms with Crippen molar-refractivity contribution in [3.63, 3.8) is 0 Å². The standard InChI is InChI=1S/C13H18ClNO/c1-15(12-7-4-8-13(12)16)9-10-5-2-3-6-11(10)14/h2-3,5-6,12-13,16H,4,7-9H2,1H3/t12-,13-/m1/s1. The molecule has 1 saturated carbocycles. The van der Waals surface area contributed by atoms with Crippen molar-refractivity contribution in [3.05, 3.63) is 34.9 Å². The number of halogens is 1. The van der Waals surface area contributed by atoms with Crippen molar-refractivity contribution in [2.45, 2.75) is 38.0 Å². The molecule has 16 heavy (non-hydrogen) atoms. The Morgan fingerprint density at radius 3 is 2.75 bits per heavy atom. The lowest BCUT2D eigenvalue weighted by Crippen LogP contribution is -2.37. The third kappa shape index (κ3) is 2.57. The zero-order valence-electron chi connectivity index (χ0n) is 9.56. The zero-order valence-corrected chi connectivity index (χ0v) is 10.3. The highest BCUT2D eigenvalue weighted by Crippen LogP contribution is 2.25. The van der Waals surface area contributed by atoms with E-state index in [1.807, 2.05) is 24.3 Å². The predicted octanol–water partition coefficient (Wildman–Crippen LogP) is 2.69. The van der Waals surface area contributed by atoms with Gasteiger partial charge in [0.05, 0.1) is 6.10 Å². The van der Waals surface area contributed by atoms with E-state index < -0.39 is 0 Å². The maximum absolute atomic E-state index is 9.83. The minimum Gasteiger partial charge on any atom is -0.391 e. The molecule has 2 rings (SSSR count). The SMILES string of the molecule is CN(Cc1ccccc1Cl)[C@@H]1CCC[C@H]1O. The lowest BCUT2D eigenvalue weighted by Gasteiger charge is -2.27. The summed E-state index contributed by atoms with van der Waals surface area (Å²) >= 11 is 6.12. The van der Waals surface area contributed by atoms with E-state index in [9.17, 15) is 5.11 Å². The molecule has 88 valence electrons. The molecule has 1 aliphatic carbocycles. The van der Waals surface area contributed by atoms with E-state index in [2.05, 4.69) is 11.9 Å². The predicted molar refractivity (Wildman–Crippen MR) is 66.6 cm³/mol. The van der Waals surface area contributed by atoms with Crippen LogP contribution in [0.25, 0.3) is 0 Å². The van der Waals surface area contributed by atoms with Crippen LogP contribution in [0.2, 0.25) is 5.02 Å². The maximum Gasteiger partial charge on any atom is 0.0695 e. The fourth-order valence-electron chi connectivity index (χ4n) is 2.45. The third-order valence-electron chi connectivity index (χ3n) is 3.39. The van der Waals surface area contributed by atoms with Gasteiger partial charge < -0.3 is 5.11 Å². The fraction of sp³-hybridized carbons (Fsp3) is 0.538. The molecule has 0 aromatic heterocycles. The zero-order chi connectivity index (χ0) is 11.5. The molecule has 0 heterocycles. The Morgan fingerprint density at radius 2 is 2.12 bits per heavy atom. The normalized spacial score (nSPS) is 25.2. The number of aliphatic hydroxyl groups excluding tert-OH is 1. The van der Waals surface area contributed by atoms with Crippen LogP contribution >= 0.6 is 11.6 Å². The number of nitrogens with zero attached hydrogens (tertiary/aromatic N) is 1. The summed E-state index contributed by atoms with van der Waals surface area (Å²) in [5.41, 5.74) is 1.13. The van der Waals surface area contributed by atoms with Gasteiger partial charge >= 0.3 is 0 Å². The van der Waals surface area contributed by atoms with Gasteiger partial charge in [0, 0.05) is 17.6 Å². The molecule has 0 saturated heterocycles. The van der Waals surface area contributed by atoms with Crippen LogP contribution < -0.4 is 0 Å². The van der Waals surface area contributed by atoms with Crippen molar-refractivity contribution in [2.24, 2.45) is 0 Å². The molecule has 2 atom stereocenters. The van der Waals surface area contributed by atoms with E-state index in [0.717, 1.165) is 36.4 Å². The molecule has 1 aliphatic rings. The highest BCUT2D eigenvalue weighted by molar-refractivity contribution is 6.31. The van der Waals surface area contributed by atoms with E-state index in [0.29, 0.717) is 0 Å². The van der Waals surface area contributed by atoms with E-state index in [-0.39, 0.29) is 12.1 Å². The average molecular weight is 240 g/mol. The number of hydrogen-bond acceptors (Lipinski definition) is 2. The van der Waals surface area contributed by atoms with Gasteiger partial charge in [0.25, 0.3) is 0 Å². The van der Waals surface area contributed by atoms with Gasteiger partial charge in [-0.15, -0.1) is 0 Å². The van der Waals surface area contributed by atoms with Crippen LogP contribution in [-0.2, 0) is 6.54 Å². The van der Waals surface area contributed by atoms with Crippen LogP contribution in [0.15, 0.2) is 24.3 Å². The lowest BCUT2D eigenvalue weighted by atomic mass is 10.1. The van der Waals surface area contributed by atoms with Gasteiger partial charge in [-0.1, -0.05) is 29.8 Å². The second kappa shape index (κ2) is 5.17. The second-order valence-electron chi connectivity index (χ2n) is 4.57. The van der Waals surface area contributed by atoms with Gasteiger partial charge in [0.2, 0.25) is 0 Å². The van der Waals surface area contributed by atoms with Crippen molar-refractivity contribution in [1.29, 1.82) is 0 Å². The van der Waals surface area contributed by atoms with Crippen LogP contribution in [-0.4, -0.2) is 29.2 Å². The van der Waals surface area contributed by atoms with Crippen molar-refractivity contribution in [3.8, 4) is 0 Å². The van der Waals surface area contributed by atoms with Crippen LogP contribution in [0.4, 0.5) is 0 Å². The first kappa shape index (κ1) is 11.9. The van der Waals surface area contributed by atoms with Crippen LogP contribution in [0.5, 0.6) is 0 Å². The number of aliphatic hydroxyl groups is 1. The topological polar surface area (TPSA) is 23.5 Å². The molecule has 0 spiro atoms. The van der Waals surface area contributed by atoms with E-state index in [1.165, 1.54) is 0 Å². The molecule has 0 radical (unpaired) electrons. The Kier molecular flexibility index (Phi) is 3.85. The van der Waals surface area contributed by atoms with Crippen molar-refractivity contribution >= 4 is 11.6 Å². The van der Waals surface area contributed by atoms with Crippen molar-refractivity contribution in [1.82, 2.24) is 4.90 Å². The molecule has 0 aliphatic heterocycles. The van der Waals surface area contributed by atoms with Gasteiger partial charge in [0.1, 0.15) is 0 Å². The summed E-state index contributed by atoms with van der Waals surface area (Å²) in [6.07, 6.45) is 2.96. The summed E-state index contributed by atoms with van der Waals surface area (Å²) in [5, 5.41) is 10.6. The maximum atomic E-state index is 9.83. The fourth-order valence-corrected chi connectivity index (χ4v) is 2.64. The average Bonchev–Trinajstić information content (AvgIpc) is 2.68. The lowest BCUT2D eigenvalue weighted by molar-refractivity contribution is 0.0825. The molecular formula is C13H18ClNO. The smallest absolute Gasteiger partial charge is 0.0695 e. The highest BCUT2D eigenvalue weighted by Gasteiger charge is 2.28. The molecule has 0 amide bonds. The monoisotopic (exact) mass is 239 g/mol. The van der Waals surface area contributed by atoms with Gasteiger partial charge in [0.15, 0.2) is 0 Å². The van der Waals surface area contributed by atoms with E-state index in [1.54, 1.807) is 0 Å². The first-order chi connectivity index (χ1) is 7.68. The quantitative estimate of drug-likeness (QED) is 0.877. The highest BCUT2D eigenvalue weighted by atomic mass is 35.5. The minimum absolute atomic E-state index is 0.174. The summed E-state index contributed by atoms with van der Waals surface area (Å²) in [6.45, 7) is 0.807. The van der Waals surface area contributed by atoms with Crippen molar-refractivity contribution in [2.75, 3.05) is 7.05 Å². The molecule has 1 aromatic carbocycles. The number of hydrogen-bond donors (Lipinski definition) is 1. The van der Waals surface area contributed by atoms with Crippen LogP contribution in [0, 0.1) is 0 Å². The molecule has 3 heteroatoms. The minimum atomic E-state index is -0.174. The van der Waals surface area contributed by atoms with Gasteiger partial charge in [-0.3, -0.25) is 4.90 Å². The Hall–Kier alpha value is -0.570. The summed E-state index contributed by atoms with van der Waals surface area (Å²) < 4.78 is 0. The summed E-state index contributed by atoms with van der Waals surface area (Å²) in [4.78, 5) is 2.21. The number of rotatable bonds is 3. The summed E-state index contributed by atoms with van der Waals surface area (Å²) in [7, 11) is 2.06. The molecule has 0 bridgehead atoms. The van der Waals surface area contributed by atoms with Gasteiger partial charge in [-0.05, 0) is 37.9 Å². The van der Waals surface area contributed by atoms with Crippen molar-refractivity contribution < 1.29 is 5.11 Å². The van der Waals surface area contributed by atoms with E-state index >= 15 is 0 Å². The largest absolute Gasteiger partial charge is 0.391 e. The molecular weight excluding hydrogens is 222 g/mol. The summed E-state index contributed by atoms with van der Waals surface area (Å²) in [6, 6.07) is 8.18. The number of benzene rings is 1. The number of likely N-dealkylation sites (N-methyl/N-ethyl adjacent to an activating group) is 1. The molecule has 0 unspecified atom stereocenters. The summed E-state index contributed by atoms with van der Waals surface area (Å²) in [5.74, 6) is 0. The molecule has 1 aromatic rings. The van der Waals surface area contributed by atoms with E-state index in [4.69, 9.17) is 11.6 Å². The third-order valence-corrected chi connectivity index (χ3v) is 3.76. The first-order valence-electron chi connectivity index (χ1n) is 5.80. The van der Waals surface area contributed by atoms with Gasteiger partial charge in [-0.2, -0.15) is 0 Å². The molecule has 1 fully saturated rings.